The molecule has 1 saturated heterocycles. The van der Waals surface area contributed by atoms with Gasteiger partial charge in [0.05, 0.1) is 23.6 Å². The van der Waals surface area contributed by atoms with E-state index in [0.717, 1.165) is 25.2 Å². The number of halogens is 3. The summed E-state index contributed by atoms with van der Waals surface area (Å²) in [5.74, 6) is -0.368. The fraction of sp³-hybridized carbons (Fsp3) is 0.333. The maximum atomic E-state index is 12.9. The highest BCUT2D eigenvalue weighted by Crippen LogP contribution is 2.33. The number of aromatic amines is 1. The van der Waals surface area contributed by atoms with E-state index in [9.17, 15) is 18.0 Å². The number of H-pyrrole nitrogens is 1. The van der Waals surface area contributed by atoms with E-state index in [1.54, 1.807) is 0 Å². The highest BCUT2D eigenvalue weighted by atomic mass is 19.4. The maximum Gasteiger partial charge on any atom is 0.419 e. The first-order chi connectivity index (χ1) is 14.2. The number of nitrogens with one attached hydrogen (secondary N) is 4. The van der Waals surface area contributed by atoms with Gasteiger partial charge in [0.1, 0.15) is 24.1 Å². The number of rotatable bonds is 7. The second-order valence-corrected chi connectivity index (χ2v) is 6.56. The van der Waals surface area contributed by atoms with E-state index < -0.39 is 17.6 Å². The van der Waals surface area contributed by atoms with Gasteiger partial charge in [-0.1, -0.05) is 0 Å². The fourth-order valence-corrected chi connectivity index (χ4v) is 2.74. The van der Waals surface area contributed by atoms with Crippen LogP contribution in [-0.2, 0) is 15.7 Å². The lowest BCUT2D eigenvalue weighted by molar-refractivity contribution is -0.137. The van der Waals surface area contributed by atoms with Gasteiger partial charge in [0.2, 0.25) is 0 Å². The first-order valence-electron chi connectivity index (χ1n) is 8.99. The number of carbonyl (C=O) groups is 1. The van der Waals surface area contributed by atoms with Gasteiger partial charge in [-0.2, -0.15) is 13.2 Å². The normalized spacial score (nSPS) is 16.8. The number of anilines is 2. The summed E-state index contributed by atoms with van der Waals surface area (Å²) in [5, 5.41) is 13.7. The molecular weight excluding hydrogens is 403 g/mol. The van der Waals surface area contributed by atoms with E-state index in [0.29, 0.717) is 18.2 Å². The van der Waals surface area contributed by atoms with Gasteiger partial charge in [-0.05, 0) is 31.2 Å². The van der Waals surface area contributed by atoms with E-state index in [1.807, 2.05) is 0 Å². The van der Waals surface area contributed by atoms with Crippen molar-refractivity contribution >= 4 is 29.3 Å². The highest BCUT2D eigenvalue weighted by molar-refractivity contribution is 6.08. The number of ether oxygens (including phenoxy) is 1. The van der Waals surface area contributed by atoms with Crippen molar-refractivity contribution in [3.63, 3.8) is 0 Å². The van der Waals surface area contributed by atoms with Crippen LogP contribution < -0.4 is 16.4 Å². The minimum atomic E-state index is -4.66. The number of pyridine rings is 1. The fourth-order valence-electron chi connectivity index (χ4n) is 2.74. The predicted molar refractivity (Wildman–Crippen MR) is 104 cm³/mol. The molecule has 2 aromatic rings. The number of allylic oxidation sites excluding steroid dienone is 1. The van der Waals surface area contributed by atoms with Gasteiger partial charge in [0, 0.05) is 18.3 Å². The smallest absolute Gasteiger partial charge is 0.383 e. The number of nitrogens with two attached hydrogens (primary N) is 1. The molecule has 6 N–H and O–H groups in total. The molecule has 1 fully saturated rings. The van der Waals surface area contributed by atoms with Crippen molar-refractivity contribution in [2.24, 2.45) is 0 Å². The van der Waals surface area contributed by atoms with Crippen molar-refractivity contribution in [3.05, 3.63) is 41.5 Å². The van der Waals surface area contributed by atoms with Gasteiger partial charge in [-0.25, -0.2) is 9.97 Å². The number of imidazole rings is 1. The monoisotopic (exact) mass is 423 g/mol. The zero-order valence-corrected chi connectivity index (χ0v) is 15.7. The second kappa shape index (κ2) is 9.05. The van der Waals surface area contributed by atoms with Crippen LogP contribution in [0.1, 0.15) is 23.4 Å². The van der Waals surface area contributed by atoms with E-state index in [-0.39, 0.29) is 29.9 Å². The lowest BCUT2D eigenvalue weighted by Gasteiger charge is -2.10. The third-order valence-electron chi connectivity index (χ3n) is 4.28. The summed E-state index contributed by atoms with van der Waals surface area (Å²) < 4.78 is 44.2. The van der Waals surface area contributed by atoms with Crippen LogP contribution in [0.5, 0.6) is 0 Å². The average molecular weight is 423 g/mol. The Morgan fingerprint density at radius 1 is 1.40 bits per heavy atom. The molecule has 1 aliphatic rings. The molecule has 12 heteroatoms. The molecule has 160 valence electrons. The zero-order chi connectivity index (χ0) is 21.7. The second-order valence-electron chi connectivity index (χ2n) is 6.56. The molecule has 0 aromatic carbocycles. The van der Waals surface area contributed by atoms with Crippen molar-refractivity contribution in [1.82, 2.24) is 20.3 Å². The molecule has 1 atom stereocenters. The third-order valence-corrected chi connectivity index (χ3v) is 4.28. The van der Waals surface area contributed by atoms with E-state index >= 15 is 0 Å². The summed E-state index contributed by atoms with van der Waals surface area (Å²) in [6.07, 6.45) is 1.32. The van der Waals surface area contributed by atoms with Crippen LogP contribution >= 0.6 is 0 Å². The first kappa shape index (κ1) is 21.5. The van der Waals surface area contributed by atoms with Crippen LogP contribution in [0.15, 0.2) is 24.5 Å². The van der Waals surface area contributed by atoms with Gasteiger partial charge in [0.15, 0.2) is 0 Å². The van der Waals surface area contributed by atoms with Gasteiger partial charge in [-0.15, -0.1) is 0 Å². The van der Waals surface area contributed by atoms with Gasteiger partial charge < -0.3 is 31.5 Å². The molecule has 2 aromatic heterocycles. The summed E-state index contributed by atoms with van der Waals surface area (Å²) in [5.41, 5.74) is 3.89. The van der Waals surface area contributed by atoms with Crippen molar-refractivity contribution in [1.29, 1.82) is 5.41 Å². The molecule has 9 nitrogen and oxygen atoms in total. The summed E-state index contributed by atoms with van der Waals surface area (Å²) in [6.45, 7) is 1.49. The van der Waals surface area contributed by atoms with Gasteiger partial charge in [0.25, 0.3) is 5.91 Å². The first-order valence-corrected chi connectivity index (χ1v) is 8.99. The highest BCUT2D eigenvalue weighted by Gasteiger charge is 2.34. The predicted octanol–water partition coefficient (Wildman–Crippen LogP) is 1.80. The topological polar surface area (TPSA) is 142 Å². The molecule has 1 unspecified atom stereocenters. The molecule has 1 amide bonds. The van der Waals surface area contributed by atoms with E-state index in [2.05, 4.69) is 25.6 Å². The van der Waals surface area contributed by atoms with Gasteiger partial charge >= 0.3 is 6.18 Å². The van der Waals surface area contributed by atoms with Crippen LogP contribution in [0.3, 0.4) is 0 Å². The van der Waals surface area contributed by atoms with Crippen LogP contribution in [0.4, 0.5) is 24.8 Å². The molecule has 30 heavy (non-hydrogen) atoms. The Bertz CT molecular complexity index is 949. The number of aromatic nitrogens is 3. The SMILES string of the molecule is N=C(/C=C\c1ncc(NC(=O)COC2CCNC2)[nH]1)c1cnc(N)c(C(F)(F)F)c1. The summed E-state index contributed by atoms with van der Waals surface area (Å²) in [4.78, 5) is 22.2. The van der Waals surface area contributed by atoms with Crippen molar-refractivity contribution < 1.29 is 22.7 Å². The Balaban J connectivity index is 1.57. The Morgan fingerprint density at radius 3 is 2.90 bits per heavy atom. The molecule has 0 radical (unpaired) electrons. The third kappa shape index (κ3) is 5.64. The molecule has 3 rings (SSSR count). The van der Waals surface area contributed by atoms with Crippen LogP contribution in [0, 0.1) is 5.41 Å². The van der Waals surface area contributed by atoms with Crippen LogP contribution in [0.2, 0.25) is 0 Å². The van der Waals surface area contributed by atoms with E-state index in [4.69, 9.17) is 15.9 Å². The van der Waals surface area contributed by atoms with Crippen molar-refractivity contribution in [2.45, 2.75) is 18.7 Å². The van der Waals surface area contributed by atoms with Gasteiger partial charge in [-0.3, -0.25) is 4.79 Å². The number of nitrogen functional groups attached to an aromatic ring is 1. The Morgan fingerprint density at radius 2 is 2.20 bits per heavy atom. The number of alkyl halides is 3. The summed E-state index contributed by atoms with van der Waals surface area (Å²) >= 11 is 0. The molecule has 0 saturated carbocycles. The molecule has 3 heterocycles. The number of carbonyl (C=O) groups excluding carboxylic acids is 1. The molecule has 0 aliphatic carbocycles. The number of nitrogens with zero attached hydrogens (tertiary/aromatic N) is 2. The number of hydrogen-bond acceptors (Lipinski definition) is 7. The molecular formula is C18H20F3N7O2. The Labute approximate surface area is 169 Å². The Hall–Kier alpha value is -3.25. The average Bonchev–Trinajstić information content (AvgIpc) is 3.36. The number of amides is 1. The van der Waals surface area contributed by atoms with Crippen molar-refractivity contribution in [2.75, 3.05) is 30.7 Å². The van der Waals surface area contributed by atoms with Crippen molar-refractivity contribution in [3.8, 4) is 0 Å². The number of hydrogen-bond donors (Lipinski definition) is 5. The van der Waals surface area contributed by atoms with E-state index in [1.165, 1.54) is 18.3 Å². The standard InChI is InChI=1S/C18H20F3N7O2/c19-18(20,21)12-5-10(6-26-17(12)23)13(22)1-2-14-25-8-15(27-14)28-16(29)9-30-11-3-4-24-7-11/h1-2,5-6,8,11,22,24H,3-4,7,9H2,(H2,23,26)(H,25,27)(H,28,29)/b2-1-,22-13?. The molecule has 0 spiro atoms. The molecule has 0 bridgehead atoms. The molecule has 1 aliphatic heterocycles. The lowest BCUT2D eigenvalue weighted by atomic mass is 10.1. The Kier molecular flexibility index (Phi) is 6.47. The largest absolute Gasteiger partial charge is 0.419 e. The maximum absolute atomic E-state index is 12.9. The zero-order valence-electron chi connectivity index (χ0n) is 15.7. The summed E-state index contributed by atoms with van der Waals surface area (Å²) in [6, 6.07) is 0.767. The minimum absolute atomic E-state index is 0.0164. The minimum Gasteiger partial charge on any atom is -0.383 e. The quantitative estimate of drug-likeness (QED) is 0.430. The lowest BCUT2D eigenvalue weighted by Crippen LogP contribution is -2.24. The van der Waals surface area contributed by atoms with Crippen LogP contribution in [-0.4, -0.2) is 52.4 Å². The van der Waals surface area contributed by atoms with Crippen LogP contribution in [0.25, 0.3) is 6.08 Å². The summed E-state index contributed by atoms with van der Waals surface area (Å²) in [7, 11) is 0.